The quantitative estimate of drug-likeness (QED) is 0.560. The average Bonchev–Trinajstić information content (AvgIpc) is 2.03. The highest BCUT2D eigenvalue weighted by Gasteiger charge is 2.01. The lowest BCUT2D eigenvalue weighted by Gasteiger charge is -2.10. The molecule has 0 rings (SSSR count). The second-order valence-corrected chi connectivity index (χ2v) is 3.85. The van der Waals surface area contributed by atoms with Crippen molar-refractivity contribution in [2.75, 3.05) is 26.8 Å². The molecule has 0 aromatic rings. The molecule has 2 N–H and O–H groups in total. The molecule has 1 atom stereocenters. The van der Waals surface area contributed by atoms with Gasteiger partial charge in [-0.25, -0.2) is 0 Å². The number of aliphatic hydroxyl groups excluding tert-OH is 1. The monoisotopic (exact) mass is 189 g/mol. The fourth-order valence-corrected chi connectivity index (χ4v) is 1.16. The first-order valence-corrected chi connectivity index (χ1v) is 5.04. The Labute approximate surface area is 81.5 Å². The van der Waals surface area contributed by atoms with Crippen LogP contribution in [0.15, 0.2) is 0 Å². The normalized spacial score (nSPS) is 13.6. The SMILES string of the molecule is COCC(O)CNCCCC(C)C. The average molecular weight is 189 g/mol. The first-order valence-electron chi connectivity index (χ1n) is 5.04. The molecule has 0 aromatic carbocycles. The van der Waals surface area contributed by atoms with Crippen molar-refractivity contribution in [2.24, 2.45) is 5.92 Å². The fourth-order valence-electron chi connectivity index (χ4n) is 1.16. The van der Waals surface area contributed by atoms with Crippen molar-refractivity contribution in [2.45, 2.75) is 32.8 Å². The largest absolute Gasteiger partial charge is 0.389 e. The van der Waals surface area contributed by atoms with Gasteiger partial charge in [0.2, 0.25) is 0 Å². The molecule has 0 bridgehead atoms. The van der Waals surface area contributed by atoms with Gasteiger partial charge < -0.3 is 15.2 Å². The van der Waals surface area contributed by atoms with Gasteiger partial charge in [0, 0.05) is 13.7 Å². The summed E-state index contributed by atoms with van der Waals surface area (Å²) in [7, 11) is 1.60. The van der Waals surface area contributed by atoms with E-state index in [1.165, 1.54) is 12.8 Å². The molecule has 0 aliphatic heterocycles. The van der Waals surface area contributed by atoms with Crippen LogP contribution in [0.1, 0.15) is 26.7 Å². The van der Waals surface area contributed by atoms with Gasteiger partial charge in [-0.3, -0.25) is 0 Å². The number of hydrogen-bond acceptors (Lipinski definition) is 3. The number of aliphatic hydroxyl groups is 1. The van der Waals surface area contributed by atoms with Crippen LogP contribution in [-0.2, 0) is 4.74 Å². The molecular formula is C10H23NO2. The van der Waals surface area contributed by atoms with Gasteiger partial charge in [-0.15, -0.1) is 0 Å². The maximum atomic E-state index is 9.27. The van der Waals surface area contributed by atoms with Gasteiger partial charge in [-0.1, -0.05) is 13.8 Å². The molecule has 3 heteroatoms. The summed E-state index contributed by atoms with van der Waals surface area (Å²) in [6.07, 6.45) is 2.05. The Kier molecular flexibility index (Phi) is 8.40. The third kappa shape index (κ3) is 9.80. The summed E-state index contributed by atoms with van der Waals surface area (Å²) in [6, 6.07) is 0. The number of methoxy groups -OCH3 is 1. The maximum absolute atomic E-state index is 9.27. The molecule has 0 aliphatic carbocycles. The summed E-state index contributed by atoms with van der Waals surface area (Å²) in [5.41, 5.74) is 0. The molecular weight excluding hydrogens is 166 g/mol. The lowest BCUT2D eigenvalue weighted by atomic mass is 10.1. The summed E-state index contributed by atoms with van der Waals surface area (Å²) in [4.78, 5) is 0. The molecule has 0 amide bonds. The van der Waals surface area contributed by atoms with E-state index in [-0.39, 0.29) is 6.10 Å². The molecule has 0 saturated heterocycles. The van der Waals surface area contributed by atoms with E-state index in [0.717, 1.165) is 12.5 Å². The van der Waals surface area contributed by atoms with E-state index in [1.807, 2.05) is 0 Å². The summed E-state index contributed by atoms with van der Waals surface area (Å²) < 4.78 is 4.81. The molecule has 0 radical (unpaired) electrons. The highest BCUT2D eigenvalue weighted by molar-refractivity contribution is 4.58. The van der Waals surface area contributed by atoms with Crippen molar-refractivity contribution >= 4 is 0 Å². The number of ether oxygens (including phenoxy) is 1. The van der Waals surface area contributed by atoms with Crippen LogP contribution in [0.5, 0.6) is 0 Å². The zero-order chi connectivity index (χ0) is 10.1. The molecule has 0 saturated carbocycles. The summed E-state index contributed by atoms with van der Waals surface area (Å²) in [5.74, 6) is 0.769. The van der Waals surface area contributed by atoms with E-state index in [4.69, 9.17) is 4.74 Å². The van der Waals surface area contributed by atoms with E-state index >= 15 is 0 Å². The third-order valence-electron chi connectivity index (χ3n) is 1.87. The summed E-state index contributed by atoms with van der Waals surface area (Å²) in [6.45, 7) is 6.47. The lowest BCUT2D eigenvalue weighted by molar-refractivity contribution is 0.0646. The van der Waals surface area contributed by atoms with Crippen LogP contribution in [0.3, 0.4) is 0 Å². The van der Waals surface area contributed by atoms with Gasteiger partial charge >= 0.3 is 0 Å². The smallest absolute Gasteiger partial charge is 0.0897 e. The predicted molar refractivity (Wildman–Crippen MR) is 54.8 cm³/mol. The van der Waals surface area contributed by atoms with Gasteiger partial charge in [-0.2, -0.15) is 0 Å². The van der Waals surface area contributed by atoms with Crippen molar-refractivity contribution < 1.29 is 9.84 Å². The Bertz CT molecular complexity index is 107. The maximum Gasteiger partial charge on any atom is 0.0897 e. The molecule has 0 spiro atoms. The zero-order valence-electron chi connectivity index (χ0n) is 9.05. The van der Waals surface area contributed by atoms with E-state index in [0.29, 0.717) is 13.2 Å². The van der Waals surface area contributed by atoms with Crippen molar-refractivity contribution in [3.63, 3.8) is 0 Å². The summed E-state index contributed by atoms with van der Waals surface area (Å²) in [5, 5.41) is 12.5. The lowest BCUT2D eigenvalue weighted by Crippen LogP contribution is -2.30. The first kappa shape index (κ1) is 12.9. The minimum absolute atomic E-state index is 0.371. The fraction of sp³-hybridized carbons (Fsp3) is 1.00. The molecule has 0 heterocycles. The van der Waals surface area contributed by atoms with Crippen LogP contribution in [0.4, 0.5) is 0 Å². The Morgan fingerprint density at radius 1 is 1.38 bits per heavy atom. The van der Waals surface area contributed by atoms with Crippen LogP contribution in [0.25, 0.3) is 0 Å². The van der Waals surface area contributed by atoms with Crippen LogP contribution < -0.4 is 5.32 Å². The number of rotatable bonds is 8. The second-order valence-electron chi connectivity index (χ2n) is 3.85. The molecule has 3 nitrogen and oxygen atoms in total. The Morgan fingerprint density at radius 3 is 2.62 bits per heavy atom. The standard InChI is InChI=1S/C10H23NO2/c1-9(2)5-4-6-11-7-10(12)8-13-3/h9-12H,4-8H2,1-3H3. The third-order valence-corrected chi connectivity index (χ3v) is 1.87. The summed E-state index contributed by atoms with van der Waals surface area (Å²) >= 11 is 0. The van der Waals surface area contributed by atoms with Gasteiger partial charge in [0.05, 0.1) is 12.7 Å². The molecule has 0 aromatic heterocycles. The molecule has 1 unspecified atom stereocenters. The molecule has 80 valence electrons. The van der Waals surface area contributed by atoms with E-state index in [2.05, 4.69) is 19.2 Å². The van der Waals surface area contributed by atoms with Gasteiger partial charge in [-0.05, 0) is 25.3 Å². The minimum atomic E-state index is -0.371. The van der Waals surface area contributed by atoms with Crippen LogP contribution in [-0.4, -0.2) is 38.0 Å². The second kappa shape index (κ2) is 8.48. The highest BCUT2D eigenvalue weighted by Crippen LogP contribution is 2.01. The topological polar surface area (TPSA) is 41.5 Å². The Balaban J connectivity index is 3.06. The van der Waals surface area contributed by atoms with E-state index < -0.39 is 0 Å². The van der Waals surface area contributed by atoms with E-state index in [9.17, 15) is 5.11 Å². The number of hydrogen-bond donors (Lipinski definition) is 2. The van der Waals surface area contributed by atoms with Gasteiger partial charge in [0.25, 0.3) is 0 Å². The van der Waals surface area contributed by atoms with Crippen molar-refractivity contribution in [3.05, 3.63) is 0 Å². The van der Waals surface area contributed by atoms with Crippen LogP contribution >= 0.6 is 0 Å². The predicted octanol–water partition coefficient (Wildman–Crippen LogP) is 1.02. The molecule has 0 aliphatic rings. The zero-order valence-corrected chi connectivity index (χ0v) is 9.05. The van der Waals surface area contributed by atoms with Crippen LogP contribution in [0.2, 0.25) is 0 Å². The Morgan fingerprint density at radius 2 is 2.08 bits per heavy atom. The minimum Gasteiger partial charge on any atom is -0.389 e. The highest BCUT2D eigenvalue weighted by atomic mass is 16.5. The first-order chi connectivity index (χ1) is 6.16. The van der Waals surface area contributed by atoms with Crippen molar-refractivity contribution in [1.82, 2.24) is 5.32 Å². The van der Waals surface area contributed by atoms with Crippen molar-refractivity contribution in [3.8, 4) is 0 Å². The van der Waals surface area contributed by atoms with Gasteiger partial charge in [0.15, 0.2) is 0 Å². The Hall–Kier alpha value is -0.120. The van der Waals surface area contributed by atoms with Crippen molar-refractivity contribution in [1.29, 1.82) is 0 Å². The van der Waals surface area contributed by atoms with Crippen LogP contribution in [0, 0.1) is 5.92 Å². The molecule has 0 fully saturated rings. The van der Waals surface area contributed by atoms with Gasteiger partial charge in [0.1, 0.15) is 0 Å². The van der Waals surface area contributed by atoms with E-state index in [1.54, 1.807) is 7.11 Å². The number of nitrogens with one attached hydrogen (secondary N) is 1. The molecule has 13 heavy (non-hydrogen) atoms.